The fourth-order valence-electron chi connectivity index (χ4n) is 2.22. The highest BCUT2D eigenvalue weighted by atomic mass is 19.1. The molecule has 17 heavy (non-hydrogen) atoms. The first-order chi connectivity index (χ1) is 8.08. The van der Waals surface area contributed by atoms with Gasteiger partial charge in [-0.1, -0.05) is 0 Å². The number of likely N-dealkylation sites (tertiary alicyclic amines) is 1. The largest absolute Gasteiger partial charge is 0.368 e. The standard InChI is InChI=1S/C12H14F2N2O/c13-9-3-4-10(14)8(6-9)7-16-5-1-2-11(16)12(15)17/h3-4,6,11H,1-2,5,7H2,(H2,15,17). The van der Waals surface area contributed by atoms with Crippen LogP contribution in [0.2, 0.25) is 0 Å². The summed E-state index contributed by atoms with van der Waals surface area (Å²) in [7, 11) is 0. The lowest BCUT2D eigenvalue weighted by Crippen LogP contribution is -2.39. The summed E-state index contributed by atoms with van der Waals surface area (Å²) in [5.41, 5.74) is 5.52. The topological polar surface area (TPSA) is 46.3 Å². The molecular formula is C12H14F2N2O. The maximum absolute atomic E-state index is 13.4. The molecule has 0 saturated carbocycles. The number of halogens is 2. The monoisotopic (exact) mass is 240 g/mol. The van der Waals surface area contributed by atoms with Crippen LogP contribution in [0, 0.1) is 11.6 Å². The molecule has 1 saturated heterocycles. The molecule has 3 nitrogen and oxygen atoms in total. The summed E-state index contributed by atoms with van der Waals surface area (Å²) in [4.78, 5) is 13.0. The van der Waals surface area contributed by atoms with Crippen molar-refractivity contribution < 1.29 is 13.6 Å². The molecule has 0 aliphatic carbocycles. The molecule has 2 N–H and O–H groups in total. The van der Waals surface area contributed by atoms with Crippen LogP contribution in [-0.2, 0) is 11.3 Å². The van der Waals surface area contributed by atoms with Crippen LogP contribution in [0.5, 0.6) is 0 Å². The van der Waals surface area contributed by atoms with E-state index in [-0.39, 0.29) is 18.2 Å². The van der Waals surface area contributed by atoms with E-state index in [1.807, 2.05) is 0 Å². The number of rotatable bonds is 3. The van der Waals surface area contributed by atoms with Crippen LogP contribution in [0.3, 0.4) is 0 Å². The van der Waals surface area contributed by atoms with Crippen LogP contribution in [-0.4, -0.2) is 23.4 Å². The lowest BCUT2D eigenvalue weighted by atomic mass is 10.1. The molecule has 2 rings (SSSR count). The Bertz CT molecular complexity index is 437. The summed E-state index contributed by atoms with van der Waals surface area (Å²) < 4.78 is 26.4. The second-order valence-electron chi connectivity index (χ2n) is 4.27. The molecular weight excluding hydrogens is 226 g/mol. The van der Waals surface area contributed by atoms with E-state index in [1.54, 1.807) is 4.90 Å². The second kappa shape index (κ2) is 4.79. The molecule has 1 aromatic rings. The van der Waals surface area contributed by atoms with Gasteiger partial charge in [-0.05, 0) is 37.6 Å². The Morgan fingerprint density at radius 1 is 1.47 bits per heavy atom. The van der Waals surface area contributed by atoms with Crippen LogP contribution in [0.1, 0.15) is 18.4 Å². The first-order valence-corrected chi connectivity index (χ1v) is 5.55. The summed E-state index contributed by atoms with van der Waals surface area (Å²) in [6, 6.07) is 2.97. The summed E-state index contributed by atoms with van der Waals surface area (Å²) in [5.74, 6) is -1.34. The van der Waals surface area contributed by atoms with Crippen LogP contribution in [0.15, 0.2) is 18.2 Å². The van der Waals surface area contributed by atoms with E-state index in [4.69, 9.17) is 5.73 Å². The number of hydrogen-bond donors (Lipinski definition) is 1. The average Bonchev–Trinajstić information content (AvgIpc) is 2.71. The number of primary amides is 1. The van der Waals surface area contributed by atoms with Gasteiger partial charge in [0, 0.05) is 12.1 Å². The molecule has 1 aliphatic rings. The van der Waals surface area contributed by atoms with Crippen molar-refractivity contribution in [2.24, 2.45) is 5.73 Å². The van der Waals surface area contributed by atoms with Crippen molar-refractivity contribution in [3.63, 3.8) is 0 Å². The molecule has 1 aliphatic heterocycles. The lowest BCUT2D eigenvalue weighted by molar-refractivity contribution is -0.122. The van der Waals surface area contributed by atoms with E-state index in [0.29, 0.717) is 13.0 Å². The van der Waals surface area contributed by atoms with Crippen molar-refractivity contribution in [1.82, 2.24) is 4.90 Å². The summed E-state index contributed by atoms with van der Waals surface area (Å²) in [5, 5.41) is 0. The highest BCUT2D eigenvalue weighted by molar-refractivity contribution is 5.80. The molecule has 1 heterocycles. The fraction of sp³-hybridized carbons (Fsp3) is 0.417. The summed E-state index contributed by atoms with van der Waals surface area (Å²) in [6.45, 7) is 0.904. The van der Waals surface area contributed by atoms with Gasteiger partial charge in [-0.2, -0.15) is 0 Å². The molecule has 1 aromatic carbocycles. The third-order valence-corrected chi connectivity index (χ3v) is 3.07. The summed E-state index contributed by atoms with van der Waals surface area (Å²) >= 11 is 0. The van der Waals surface area contributed by atoms with Crippen LogP contribution in [0.25, 0.3) is 0 Å². The minimum absolute atomic E-state index is 0.219. The zero-order valence-electron chi connectivity index (χ0n) is 9.33. The second-order valence-corrected chi connectivity index (χ2v) is 4.27. The predicted octanol–water partition coefficient (Wildman–Crippen LogP) is 1.41. The molecule has 0 bridgehead atoms. The van der Waals surface area contributed by atoms with Crippen LogP contribution < -0.4 is 5.73 Å². The maximum atomic E-state index is 13.4. The van der Waals surface area contributed by atoms with Gasteiger partial charge in [0.2, 0.25) is 5.91 Å². The van der Waals surface area contributed by atoms with Gasteiger partial charge < -0.3 is 5.73 Å². The SMILES string of the molecule is NC(=O)C1CCCN1Cc1cc(F)ccc1F. The summed E-state index contributed by atoms with van der Waals surface area (Å²) in [6.07, 6.45) is 1.54. The van der Waals surface area contributed by atoms with Crippen molar-refractivity contribution in [2.75, 3.05) is 6.54 Å². The minimum Gasteiger partial charge on any atom is -0.368 e. The smallest absolute Gasteiger partial charge is 0.234 e. The van der Waals surface area contributed by atoms with E-state index in [9.17, 15) is 13.6 Å². The molecule has 0 aromatic heterocycles. The zero-order valence-corrected chi connectivity index (χ0v) is 9.33. The first kappa shape index (κ1) is 12.0. The number of carbonyl (C=O) groups is 1. The third-order valence-electron chi connectivity index (χ3n) is 3.07. The first-order valence-electron chi connectivity index (χ1n) is 5.55. The van der Waals surface area contributed by atoms with Crippen LogP contribution >= 0.6 is 0 Å². The molecule has 1 amide bonds. The Hall–Kier alpha value is -1.49. The number of nitrogens with zero attached hydrogens (tertiary/aromatic N) is 1. The Morgan fingerprint density at radius 3 is 2.94 bits per heavy atom. The normalized spacial score (nSPS) is 20.7. The van der Waals surface area contributed by atoms with E-state index >= 15 is 0 Å². The van der Waals surface area contributed by atoms with E-state index in [1.165, 1.54) is 0 Å². The number of amides is 1. The van der Waals surface area contributed by atoms with Gasteiger partial charge in [-0.25, -0.2) is 8.78 Å². The number of carbonyl (C=O) groups excluding carboxylic acids is 1. The highest BCUT2D eigenvalue weighted by Crippen LogP contribution is 2.21. The van der Waals surface area contributed by atoms with Gasteiger partial charge >= 0.3 is 0 Å². The Labute approximate surface area is 98.2 Å². The molecule has 1 fully saturated rings. The van der Waals surface area contributed by atoms with Gasteiger partial charge in [0.1, 0.15) is 11.6 Å². The van der Waals surface area contributed by atoms with Crippen molar-refractivity contribution in [3.8, 4) is 0 Å². The van der Waals surface area contributed by atoms with Gasteiger partial charge in [0.05, 0.1) is 6.04 Å². The number of nitrogens with two attached hydrogens (primary N) is 1. The number of benzene rings is 1. The molecule has 5 heteroatoms. The molecule has 1 unspecified atom stereocenters. The molecule has 92 valence electrons. The van der Waals surface area contributed by atoms with Crippen molar-refractivity contribution in [3.05, 3.63) is 35.4 Å². The average molecular weight is 240 g/mol. The van der Waals surface area contributed by atoms with E-state index in [0.717, 1.165) is 24.6 Å². The molecule has 0 radical (unpaired) electrons. The Morgan fingerprint density at radius 2 is 2.24 bits per heavy atom. The predicted molar refractivity (Wildman–Crippen MR) is 59.0 cm³/mol. The minimum atomic E-state index is -0.476. The quantitative estimate of drug-likeness (QED) is 0.868. The van der Waals surface area contributed by atoms with Gasteiger partial charge in [-0.15, -0.1) is 0 Å². The lowest BCUT2D eigenvalue weighted by Gasteiger charge is -2.21. The molecule has 0 spiro atoms. The van der Waals surface area contributed by atoms with Crippen molar-refractivity contribution in [1.29, 1.82) is 0 Å². The van der Waals surface area contributed by atoms with Crippen molar-refractivity contribution >= 4 is 5.91 Å². The maximum Gasteiger partial charge on any atom is 0.234 e. The Kier molecular flexibility index (Phi) is 3.38. The van der Waals surface area contributed by atoms with E-state index in [2.05, 4.69) is 0 Å². The van der Waals surface area contributed by atoms with Crippen LogP contribution in [0.4, 0.5) is 8.78 Å². The fourth-order valence-corrected chi connectivity index (χ4v) is 2.22. The van der Waals surface area contributed by atoms with Gasteiger partial charge in [0.25, 0.3) is 0 Å². The van der Waals surface area contributed by atoms with E-state index < -0.39 is 17.5 Å². The highest BCUT2D eigenvalue weighted by Gasteiger charge is 2.29. The molecule has 1 atom stereocenters. The third kappa shape index (κ3) is 2.61. The zero-order chi connectivity index (χ0) is 12.4. The Balaban J connectivity index is 2.15. The number of hydrogen-bond acceptors (Lipinski definition) is 2. The van der Waals surface area contributed by atoms with Gasteiger partial charge in [0.15, 0.2) is 0 Å². The van der Waals surface area contributed by atoms with Gasteiger partial charge in [-0.3, -0.25) is 9.69 Å². The van der Waals surface area contributed by atoms with Crippen molar-refractivity contribution in [2.45, 2.75) is 25.4 Å².